The molecule has 5 nitrogen and oxygen atoms in total. The molecule has 0 spiro atoms. The average Bonchev–Trinajstić information content (AvgIpc) is 2.74. The number of hydrogen-bond donors (Lipinski definition) is 2. The van der Waals surface area contributed by atoms with Crippen molar-refractivity contribution in [3.63, 3.8) is 0 Å². The van der Waals surface area contributed by atoms with E-state index < -0.39 is 0 Å². The van der Waals surface area contributed by atoms with Crippen LogP contribution in [0.3, 0.4) is 0 Å². The molecule has 0 aromatic carbocycles. The van der Waals surface area contributed by atoms with Crippen molar-refractivity contribution < 1.29 is 14.3 Å². The summed E-state index contributed by atoms with van der Waals surface area (Å²) in [7, 11) is 0. The van der Waals surface area contributed by atoms with Gasteiger partial charge in [0.2, 0.25) is 5.91 Å². The van der Waals surface area contributed by atoms with Crippen LogP contribution in [-0.2, 0) is 14.3 Å². The van der Waals surface area contributed by atoms with E-state index in [1.807, 2.05) is 0 Å². The minimum Gasteiger partial charge on any atom is -0.376 e. The van der Waals surface area contributed by atoms with Gasteiger partial charge in [0.25, 0.3) is 0 Å². The van der Waals surface area contributed by atoms with Gasteiger partial charge in [0.05, 0.1) is 32.0 Å². The topological polar surface area (TPSA) is 59.6 Å². The van der Waals surface area contributed by atoms with Crippen LogP contribution >= 0.6 is 0 Å². The molecule has 3 atom stereocenters. The van der Waals surface area contributed by atoms with Crippen LogP contribution in [0.5, 0.6) is 0 Å². The van der Waals surface area contributed by atoms with Crippen LogP contribution < -0.4 is 10.6 Å². The Bertz CT molecular complexity index is 241. The first-order valence-electron chi connectivity index (χ1n) is 5.98. The quantitative estimate of drug-likeness (QED) is 0.685. The standard InChI is InChI=1S/C11H20N2O3/c1-8-2-3-12-10(8)11(14)13-6-9-7-15-4-5-16-9/h8-10,12H,2-7H2,1H3,(H,13,14). The number of carbonyl (C=O) groups excluding carboxylic acids is 1. The summed E-state index contributed by atoms with van der Waals surface area (Å²) < 4.78 is 10.7. The van der Waals surface area contributed by atoms with Crippen LogP contribution in [0, 0.1) is 5.92 Å². The Labute approximate surface area is 95.9 Å². The van der Waals surface area contributed by atoms with Crippen LogP contribution in [0.25, 0.3) is 0 Å². The maximum Gasteiger partial charge on any atom is 0.237 e. The minimum atomic E-state index is -0.0375. The molecule has 2 fully saturated rings. The van der Waals surface area contributed by atoms with Crippen molar-refractivity contribution in [1.29, 1.82) is 0 Å². The molecule has 1 amide bonds. The highest BCUT2D eigenvalue weighted by Crippen LogP contribution is 2.14. The summed E-state index contributed by atoms with van der Waals surface area (Å²) in [4.78, 5) is 11.8. The van der Waals surface area contributed by atoms with E-state index in [0.717, 1.165) is 13.0 Å². The average molecular weight is 228 g/mol. The lowest BCUT2D eigenvalue weighted by atomic mass is 10.0. The van der Waals surface area contributed by atoms with E-state index in [1.165, 1.54) is 0 Å². The minimum absolute atomic E-state index is 0.00871. The van der Waals surface area contributed by atoms with Crippen LogP contribution in [0.4, 0.5) is 0 Å². The highest BCUT2D eigenvalue weighted by Gasteiger charge is 2.29. The molecular formula is C11H20N2O3. The molecule has 2 aliphatic heterocycles. The highest BCUT2D eigenvalue weighted by atomic mass is 16.6. The molecule has 0 aromatic rings. The first-order chi connectivity index (χ1) is 7.77. The van der Waals surface area contributed by atoms with E-state index in [0.29, 0.717) is 32.3 Å². The van der Waals surface area contributed by atoms with Crippen molar-refractivity contribution in [2.45, 2.75) is 25.5 Å². The normalized spacial score (nSPS) is 34.9. The highest BCUT2D eigenvalue weighted by molar-refractivity contribution is 5.82. The number of carbonyl (C=O) groups is 1. The summed E-state index contributed by atoms with van der Waals surface area (Å²) >= 11 is 0. The fourth-order valence-electron chi connectivity index (χ4n) is 2.16. The van der Waals surface area contributed by atoms with Gasteiger partial charge in [-0.15, -0.1) is 0 Å². The summed E-state index contributed by atoms with van der Waals surface area (Å²) in [5, 5.41) is 6.13. The maximum absolute atomic E-state index is 11.8. The molecule has 16 heavy (non-hydrogen) atoms. The summed E-state index contributed by atoms with van der Waals surface area (Å²) in [6, 6.07) is -0.0375. The van der Waals surface area contributed by atoms with Crippen molar-refractivity contribution in [2.75, 3.05) is 32.9 Å². The zero-order chi connectivity index (χ0) is 11.4. The molecule has 0 aromatic heterocycles. The summed E-state index contributed by atoms with van der Waals surface area (Å²) in [5.41, 5.74) is 0. The lowest BCUT2D eigenvalue weighted by Crippen LogP contribution is -2.47. The van der Waals surface area contributed by atoms with Gasteiger partial charge >= 0.3 is 0 Å². The fraction of sp³-hybridized carbons (Fsp3) is 0.909. The Morgan fingerprint density at radius 1 is 1.50 bits per heavy atom. The monoisotopic (exact) mass is 228 g/mol. The number of ether oxygens (including phenoxy) is 2. The second-order valence-corrected chi connectivity index (χ2v) is 4.51. The summed E-state index contributed by atoms with van der Waals surface area (Å²) in [6.07, 6.45) is 1.08. The number of amides is 1. The predicted molar refractivity (Wildman–Crippen MR) is 59.1 cm³/mol. The number of rotatable bonds is 3. The molecular weight excluding hydrogens is 208 g/mol. The molecule has 5 heteroatoms. The van der Waals surface area contributed by atoms with E-state index >= 15 is 0 Å². The zero-order valence-corrected chi connectivity index (χ0v) is 9.70. The lowest BCUT2D eigenvalue weighted by molar-refractivity contribution is -0.126. The van der Waals surface area contributed by atoms with E-state index in [4.69, 9.17) is 9.47 Å². The zero-order valence-electron chi connectivity index (χ0n) is 9.70. The van der Waals surface area contributed by atoms with Crippen LogP contribution in [0.2, 0.25) is 0 Å². The third kappa shape index (κ3) is 2.93. The van der Waals surface area contributed by atoms with Gasteiger partial charge in [-0.3, -0.25) is 4.79 Å². The first-order valence-corrected chi connectivity index (χ1v) is 5.98. The van der Waals surface area contributed by atoms with E-state index in [1.54, 1.807) is 0 Å². The van der Waals surface area contributed by atoms with Gasteiger partial charge in [-0.25, -0.2) is 0 Å². The third-order valence-electron chi connectivity index (χ3n) is 3.20. The van der Waals surface area contributed by atoms with E-state index in [-0.39, 0.29) is 18.1 Å². The molecule has 2 aliphatic rings. The van der Waals surface area contributed by atoms with Gasteiger partial charge in [0, 0.05) is 6.54 Å². The number of hydrogen-bond acceptors (Lipinski definition) is 4. The molecule has 0 bridgehead atoms. The van der Waals surface area contributed by atoms with Crippen molar-refractivity contribution in [3.05, 3.63) is 0 Å². The Morgan fingerprint density at radius 2 is 2.38 bits per heavy atom. The Morgan fingerprint density at radius 3 is 3.00 bits per heavy atom. The van der Waals surface area contributed by atoms with E-state index in [2.05, 4.69) is 17.6 Å². The van der Waals surface area contributed by atoms with Crippen LogP contribution in [0.1, 0.15) is 13.3 Å². The maximum atomic E-state index is 11.8. The molecule has 2 saturated heterocycles. The van der Waals surface area contributed by atoms with Gasteiger partial charge in [-0.1, -0.05) is 6.92 Å². The fourth-order valence-corrected chi connectivity index (χ4v) is 2.16. The molecule has 0 aliphatic carbocycles. The smallest absolute Gasteiger partial charge is 0.237 e. The van der Waals surface area contributed by atoms with E-state index in [9.17, 15) is 4.79 Å². The van der Waals surface area contributed by atoms with Crippen LogP contribution in [0.15, 0.2) is 0 Å². The molecule has 92 valence electrons. The van der Waals surface area contributed by atoms with Crippen molar-refractivity contribution in [1.82, 2.24) is 10.6 Å². The second-order valence-electron chi connectivity index (χ2n) is 4.51. The molecule has 3 unspecified atom stereocenters. The molecule has 0 saturated carbocycles. The molecule has 0 radical (unpaired) electrons. The molecule has 2 heterocycles. The SMILES string of the molecule is CC1CCNC1C(=O)NCC1COCCO1. The van der Waals surface area contributed by atoms with Crippen molar-refractivity contribution in [2.24, 2.45) is 5.92 Å². The molecule has 2 rings (SSSR count). The Hall–Kier alpha value is -0.650. The second kappa shape index (κ2) is 5.61. The van der Waals surface area contributed by atoms with Gasteiger partial charge in [-0.05, 0) is 18.9 Å². The number of nitrogens with one attached hydrogen (secondary N) is 2. The van der Waals surface area contributed by atoms with Crippen molar-refractivity contribution in [3.8, 4) is 0 Å². The summed E-state index contributed by atoms with van der Waals surface area (Å²) in [6.45, 7) is 5.44. The van der Waals surface area contributed by atoms with Gasteiger partial charge < -0.3 is 20.1 Å². The molecule has 2 N–H and O–H groups in total. The van der Waals surface area contributed by atoms with Gasteiger partial charge in [-0.2, -0.15) is 0 Å². The predicted octanol–water partition coefficient (Wildman–Crippen LogP) is -0.484. The van der Waals surface area contributed by atoms with Crippen LogP contribution in [-0.4, -0.2) is 51.0 Å². The van der Waals surface area contributed by atoms with Gasteiger partial charge in [0.1, 0.15) is 0 Å². The Kier molecular flexibility index (Phi) is 4.15. The van der Waals surface area contributed by atoms with Gasteiger partial charge in [0.15, 0.2) is 0 Å². The lowest BCUT2D eigenvalue weighted by Gasteiger charge is -2.24. The van der Waals surface area contributed by atoms with Crippen molar-refractivity contribution >= 4 is 5.91 Å². The first kappa shape index (κ1) is 11.8. The Balaban J connectivity index is 1.70. The largest absolute Gasteiger partial charge is 0.376 e. The summed E-state index contributed by atoms with van der Waals surface area (Å²) in [5.74, 6) is 0.502. The third-order valence-corrected chi connectivity index (χ3v) is 3.20.